The summed E-state index contributed by atoms with van der Waals surface area (Å²) in [6.07, 6.45) is 5.41. The number of anilines is 1. The minimum atomic E-state index is 0.0786. The second-order valence-corrected chi connectivity index (χ2v) is 6.01. The number of hydrogen-bond acceptors (Lipinski definition) is 6. The number of aromatic nitrogens is 2. The van der Waals surface area contributed by atoms with Crippen molar-refractivity contribution in [3.05, 3.63) is 18.2 Å². The lowest BCUT2D eigenvalue weighted by Gasteiger charge is -2.21. The Morgan fingerprint density at radius 3 is 2.74 bits per heavy atom. The summed E-state index contributed by atoms with van der Waals surface area (Å²) in [5.41, 5.74) is 1.36. The first-order valence-corrected chi connectivity index (χ1v) is 8.14. The highest BCUT2D eigenvalue weighted by molar-refractivity contribution is 7.80. The molecule has 1 fully saturated rings. The maximum Gasteiger partial charge on any atom is 0.273 e. The Balaban J connectivity index is 1.77. The lowest BCUT2D eigenvalue weighted by atomic mass is 9.88. The van der Waals surface area contributed by atoms with Crippen molar-refractivity contribution in [2.75, 3.05) is 12.4 Å². The van der Waals surface area contributed by atoms with E-state index in [9.17, 15) is 4.79 Å². The summed E-state index contributed by atoms with van der Waals surface area (Å²) in [5, 5.41) is 10.8. The number of methoxy groups -OCH3 is 1. The van der Waals surface area contributed by atoms with Gasteiger partial charge in [0.25, 0.3) is 11.1 Å². The Morgan fingerprint density at radius 1 is 1.30 bits per heavy atom. The molecule has 1 saturated carbocycles. The van der Waals surface area contributed by atoms with E-state index in [1.807, 2.05) is 0 Å². The molecule has 2 aromatic rings. The number of carbonyl (C=O) groups is 1. The van der Waals surface area contributed by atoms with Crippen LogP contribution in [0.4, 0.5) is 5.69 Å². The van der Waals surface area contributed by atoms with Crippen LogP contribution >= 0.6 is 12.6 Å². The molecule has 0 saturated heterocycles. The van der Waals surface area contributed by atoms with Crippen LogP contribution in [-0.2, 0) is 4.79 Å². The molecule has 6 nitrogen and oxygen atoms in total. The SMILES string of the molecule is COc1cc(NC(=O)C2CCCCC2)ccc1-c1nnc(S)o1. The van der Waals surface area contributed by atoms with Crippen LogP contribution in [0.25, 0.3) is 11.5 Å². The van der Waals surface area contributed by atoms with E-state index in [2.05, 4.69) is 28.1 Å². The third-order valence-corrected chi connectivity index (χ3v) is 4.27. The third kappa shape index (κ3) is 3.67. The first-order valence-electron chi connectivity index (χ1n) is 7.69. The smallest absolute Gasteiger partial charge is 0.273 e. The molecule has 23 heavy (non-hydrogen) atoms. The van der Waals surface area contributed by atoms with Gasteiger partial charge in [0.2, 0.25) is 5.91 Å². The van der Waals surface area contributed by atoms with E-state index in [0.29, 0.717) is 22.9 Å². The molecule has 3 rings (SSSR count). The average molecular weight is 333 g/mol. The first kappa shape index (κ1) is 15.9. The number of amides is 1. The monoisotopic (exact) mass is 333 g/mol. The van der Waals surface area contributed by atoms with E-state index < -0.39 is 0 Å². The molecule has 1 aliphatic carbocycles. The normalized spacial score (nSPS) is 15.4. The zero-order valence-electron chi connectivity index (χ0n) is 12.9. The van der Waals surface area contributed by atoms with Crippen molar-refractivity contribution < 1.29 is 13.9 Å². The van der Waals surface area contributed by atoms with Crippen LogP contribution in [0.5, 0.6) is 5.75 Å². The predicted octanol–water partition coefficient (Wildman–Crippen LogP) is 3.55. The van der Waals surface area contributed by atoms with Crippen molar-refractivity contribution in [1.82, 2.24) is 10.2 Å². The zero-order chi connectivity index (χ0) is 16.2. The molecular formula is C16H19N3O3S. The molecule has 1 N–H and O–H groups in total. The number of carbonyl (C=O) groups excluding carboxylic acids is 1. The number of nitrogens with one attached hydrogen (secondary N) is 1. The highest BCUT2D eigenvalue weighted by Gasteiger charge is 2.21. The molecule has 1 heterocycles. The van der Waals surface area contributed by atoms with Gasteiger partial charge in [0, 0.05) is 17.7 Å². The molecule has 122 valence electrons. The number of ether oxygens (including phenoxy) is 1. The van der Waals surface area contributed by atoms with Gasteiger partial charge in [-0.3, -0.25) is 4.79 Å². The summed E-state index contributed by atoms with van der Waals surface area (Å²) in [4.78, 5) is 12.3. The maximum absolute atomic E-state index is 12.3. The van der Waals surface area contributed by atoms with Crippen molar-refractivity contribution >= 4 is 24.2 Å². The Labute approximate surface area is 140 Å². The van der Waals surface area contributed by atoms with Crippen molar-refractivity contribution in [3.8, 4) is 17.2 Å². The van der Waals surface area contributed by atoms with Crippen LogP contribution in [0, 0.1) is 5.92 Å². The van der Waals surface area contributed by atoms with Gasteiger partial charge >= 0.3 is 0 Å². The van der Waals surface area contributed by atoms with Crippen LogP contribution in [-0.4, -0.2) is 23.2 Å². The molecule has 1 amide bonds. The highest BCUT2D eigenvalue weighted by Crippen LogP contribution is 2.32. The Bertz CT molecular complexity index is 696. The number of benzene rings is 1. The summed E-state index contributed by atoms with van der Waals surface area (Å²) in [6.45, 7) is 0. The van der Waals surface area contributed by atoms with Crippen LogP contribution in [0.15, 0.2) is 27.8 Å². The summed E-state index contributed by atoms with van der Waals surface area (Å²) >= 11 is 4.01. The number of hydrogen-bond donors (Lipinski definition) is 2. The summed E-state index contributed by atoms with van der Waals surface area (Å²) in [5.74, 6) is 1.08. The molecule has 0 bridgehead atoms. The van der Waals surface area contributed by atoms with E-state index in [1.54, 1.807) is 25.3 Å². The van der Waals surface area contributed by atoms with E-state index >= 15 is 0 Å². The molecule has 0 spiro atoms. The van der Waals surface area contributed by atoms with Crippen molar-refractivity contribution in [3.63, 3.8) is 0 Å². The fourth-order valence-electron chi connectivity index (χ4n) is 2.88. The number of nitrogens with zero attached hydrogens (tertiary/aromatic N) is 2. The molecule has 0 atom stereocenters. The summed E-state index contributed by atoms with van der Waals surface area (Å²) < 4.78 is 10.7. The third-order valence-electron chi connectivity index (χ3n) is 4.09. The fourth-order valence-corrected chi connectivity index (χ4v) is 3.01. The lowest BCUT2D eigenvalue weighted by molar-refractivity contribution is -0.120. The van der Waals surface area contributed by atoms with Crippen LogP contribution in [0.2, 0.25) is 0 Å². The first-order chi connectivity index (χ1) is 11.2. The highest BCUT2D eigenvalue weighted by atomic mass is 32.1. The minimum Gasteiger partial charge on any atom is -0.496 e. The molecule has 7 heteroatoms. The molecule has 0 aliphatic heterocycles. The molecular weight excluding hydrogens is 314 g/mol. The van der Waals surface area contributed by atoms with E-state index in [0.717, 1.165) is 25.7 Å². The van der Waals surface area contributed by atoms with Crippen molar-refractivity contribution in [1.29, 1.82) is 0 Å². The van der Waals surface area contributed by atoms with Crippen LogP contribution in [0.1, 0.15) is 32.1 Å². The quantitative estimate of drug-likeness (QED) is 0.837. The van der Waals surface area contributed by atoms with Gasteiger partial charge in [-0.15, -0.1) is 10.2 Å². The second-order valence-electron chi connectivity index (χ2n) is 5.63. The average Bonchev–Trinajstić information content (AvgIpc) is 3.01. The second kappa shape index (κ2) is 7.04. The molecule has 1 aromatic carbocycles. The Hall–Kier alpha value is -2.02. The van der Waals surface area contributed by atoms with Crippen LogP contribution < -0.4 is 10.1 Å². The Morgan fingerprint density at radius 2 is 2.09 bits per heavy atom. The largest absolute Gasteiger partial charge is 0.496 e. The lowest BCUT2D eigenvalue weighted by Crippen LogP contribution is -2.24. The Kier molecular flexibility index (Phi) is 4.85. The van der Waals surface area contributed by atoms with Gasteiger partial charge in [-0.2, -0.15) is 0 Å². The van der Waals surface area contributed by atoms with Gasteiger partial charge in [-0.1, -0.05) is 31.9 Å². The van der Waals surface area contributed by atoms with Crippen molar-refractivity contribution in [2.24, 2.45) is 5.92 Å². The molecule has 0 radical (unpaired) electrons. The number of thiol groups is 1. The van der Waals surface area contributed by atoms with Crippen LogP contribution in [0.3, 0.4) is 0 Å². The topological polar surface area (TPSA) is 77.2 Å². The minimum absolute atomic E-state index is 0.0786. The molecule has 0 unspecified atom stereocenters. The van der Waals surface area contributed by atoms with Gasteiger partial charge in [0.05, 0.1) is 12.7 Å². The summed E-state index contributed by atoms with van der Waals surface area (Å²) in [7, 11) is 1.56. The standard InChI is InChI=1S/C16H19N3O3S/c1-21-13-9-11(17-14(20)10-5-3-2-4-6-10)7-8-12(13)15-18-19-16(23)22-15/h7-10H,2-6H2,1H3,(H,17,20)(H,19,23). The molecule has 1 aromatic heterocycles. The summed E-state index contributed by atoms with van der Waals surface area (Å²) in [6, 6.07) is 5.36. The van der Waals surface area contributed by atoms with E-state index in [1.165, 1.54) is 6.42 Å². The van der Waals surface area contributed by atoms with Gasteiger partial charge in [-0.05, 0) is 25.0 Å². The van der Waals surface area contributed by atoms with Gasteiger partial charge in [-0.25, -0.2) is 0 Å². The van der Waals surface area contributed by atoms with Gasteiger partial charge in [0.15, 0.2) is 0 Å². The predicted molar refractivity (Wildman–Crippen MR) is 88.7 cm³/mol. The van der Waals surface area contributed by atoms with Gasteiger partial charge in [0.1, 0.15) is 5.75 Å². The van der Waals surface area contributed by atoms with E-state index in [4.69, 9.17) is 9.15 Å². The fraction of sp³-hybridized carbons (Fsp3) is 0.438. The maximum atomic E-state index is 12.3. The molecule has 1 aliphatic rings. The van der Waals surface area contributed by atoms with Crippen molar-refractivity contribution in [2.45, 2.75) is 37.3 Å². The van der Waals surface area contributed by atoms with Gasteiger partial charge < -0.3 is 14.5 Å². The zero-order valence-corrected chi connectivity index (χ0v) is 13.8. The van der Waals surface area contributed by atoms with E-state index in [-0.39, 0.29) is 17.0 Å². The number of rotatable bonds is 4.